The van der Waals surface area contributed by atoms with E-state index >= 15 is 0 Å². The second kappa shape index (κ2) is 5.76. The van der Waals surface area contributed by atoms with Gasteiger partial charge < -0.3 is 20.3 Å². The van der Waals surface area contributed by atoms with Crippen LogP contribution in [0.25, 0.3) is 11.3 Å². The SMILES string of the molecule is Nc1ncc(-c2cc(N3CC4CCC(C3)O4)nc(N3CC4CC3C4)n2)cn1. The van der Waals surface area contributed by atoms with Gasteiger partial charge in [-0.1, -0.05) is 0 Å². The number of morpholine rings is 1. The van der Waals surface area contributed by atoms with Crippen LogP contribution in [-0.2, 0) is 4.74 Å². The van der Waals surface area contributed by atoms with Crippen molar-refractivity contribution in [3.63, 3.8) is 0 Å². The Labute approximate surface area is 157 Å². The molecule has 2 atom stereocenters. The Bertz CT molecular complexity index is 855. The average molecular weight is 365 g/mol. The highest BCUT2D eigenvalue weighted by Crippen LogP contribution is 2.43. The van der Waals surface area contributed by atoms with Crippen molar-refractivity contribution >= 4 is 17.7 Å². The fraction of sp³-hybridized carbons (Fsp3) is 0.579. The van der Waals surface area contributed by atoms with Crippen molar-refractivity contribution in [1.82, 2.24) is 19.9 Å². The lowest BCUT2D eigenvalue weighted by molar-refractivity contribution is 0.0302. The highest BCUT2D eigenvalue weighted by Gasteiger charge is 2.44. The summed E-state index contributed by atoms with van der Waals surface area (Å²) in [5.41, 5.74) is 7.39. The van der Waals surface area contributed by atoms with Gasteiger partial charge in [0.2, 0.25) is 11.9 Å². The maximum atomic E-state index is 6.00. The summed E-state index contributed by atoms with van der Waals surface area (Å²) in [4.78, 5) is 22.9. The minimum Gasteiger partial charge on any atom is -0.371 e. The molecule has 2 N–H and O–H groups in total. The van der Waals surface area contributed by atoms with Crippen molar-refractivity contribution in [2.45, 2.75) is 43.9 Å². The molecule has 1 saturated carbocycles. The Hall–Kier alpha value is -2.48. The van der Waals surface area contributed by atoms with Crippen LogP contribution in [0, 0.1) is 5.92 Å². The van der Waals surface area contributed by atoms with E-state index in [9.17, 15) is 0 Å². The predicted molar refractivity (Wildman–Crippen MR) is 101 cm³/mol. The zero-order chi connectivity index (χ0) is 18.0. The Balaban J connectivity index is 1.40. The van der Waals surface area contributed by atoms with E-state index in [0.29, 0.717) is 18.2 Å². The van der Waals surface area contributed by atoms with Crippen LogP contribution in [0.2, 0.25) is 0 Å². The summed E-state index contributed by atoms with van der Waals surface area (Å²) in [5.74, 6) is 2.91. The van der Waals surface area contributed by atoms with Gasteiger partial charge >= 0.3 is 0 Å². The lowest BCUT2D eigenvalue weighted by Gasteiger charge is -2.34. The number of nitrogens with zero attached hydrogens (tertiary/aromatic N) is 6. The molecule has 4 saturated heterocycles. The molecule has 0 amide bonds. The van der Waals surface area contributed by atoms with Gasteiger partial charge in [-0.15, -0.1) is 0 Å². The first-order chi connectivity index (χ1) is 13.2. The summed E-state index contributed by atoms with van der Waals surface area (Å²) < 4.78 is 6.00. The number of ether oxygens (including phenoxy) is 1. The normalized spacial score (nSPS) is 31.3. The molecule has 7 rings (SSSR count). The van der Waals surface area contributed by atoms with E-state index < -0.39 is 0 Å². The molecule has 2 unspecified atom stereocenters. The number of hydrogen-bond donors (Lipinski definition) is 1. The number of hydrogen-bond acceptors (Lipinski definition) is 8. The minimum atomic E-state index is 0.276. The molecule has 2 aromatic rings. The van der Waals surface area contributed by atoms with E-state index in [0.717, 1.165) is 61.4 Å². The molecule has 4 bridgehead atoms. The minimum absolute atomic E-state index is 0.276. The van der Waals surface area contributed by atoms with Crippen molar-refractivity contribution in [1.29, 1.82) is 0 Å². The largest absolute Gasteiger partial charge is 0.371 e. The molecule has 1 aliphatic carbocycles. The van der Waals surface area contributed by atoms with Gasteiger partial charge in [0, 0.05) is 49.7 Å². The smallest absolute Gasteiger partial charge is 0.228 e. The molecule has 27 heavy (non-hydrogen) atoms. The standard InChI is InChI=1S/C19H23N7O/c20-18-21-6-12(7-22-18)16-5-17(25-9-14-1-2-15(10-25)27-14)24-19(23-16)26-8-11-3-13(26)4-11/h5-7,11,13-15H,1-4,8-10H2,(H2,20,21,22). The highest BCUT2D eigenvalue weighted by molar-refractivity contribution is 5.64. The first-order valence-corrected chi connectivity index (χ1v) is 9.85. The molecule has 140 valence electrons. The van der Waals surface area contributed by atoms with Gasteiger partial charge in [0.1, 0.15) is 5.82 Å². The van der Waals surface area contributed by atoms with Crippen LogP contribution in [0.3, 0.4) is 0 Å². The Morgan fingerprint density at radius 1 is 1.00 bits per heavy atom. The van der Waals surface area contributed by atoms with Crippen LogP contribution in [0.4, 0.5) is 17.7 Å². The summed E-state index contributed by atoms with van der Waals surface area (Å²) >= 11 is 0. The molecular weight excluding hydrogens is 342 g/mol. The molecule has 0 spiro atoms. The molecular formula is C19H23N7O. The molecule has 5 fully saturated rings. The van der Waals surface area contributed by atoms with E-state index in [1.165, 1.54) is 12.8 Å². The van der Waals surface area contributed by atoms with Crippen LogP contribution in [0.5, 0.6) is 0 Å². The molecule has 5 aliphatic rings. The molecule has 2 aromatic heterocycles. The first-order valence-electron chi connectivity index (χ1n) is 9.85. The molecule has 8 heteroatoms. The van der Waals surface area contributed by atoms with Crippen molar-refractivity contribution in [2.24, 2.45) is 5.92 Å². The molecule has 0 aromatic carbocycles. The van der Waals surface area contributed by atoms with Crippen molar-refractivity contribution < 1.29 is 4.74 Å². The predicted octanol–water partition coefficient (Wildman–Crippen LogP) is 1.48. The third kappa shape index (κ3) is 2.62. The number of rotatable bonds is 3. The maximum Gasteiger partial charge on any atom is 0.228 e. The Morgan fingerprint density at radius 2 is 1.74 bits per heavy atom. The van der Waals surface area contributed by atoms with Gasteiger partial charge in [-0.25, -0.2) is 15.0 Å². The summed E-state index contributed by atoms with van der Waals surface area (Å²) in [7, 11) is 0. The van der Waals surface area contributed by atoms with E-state index in [4.69, 9.17) is 20.4 Å². The molecule has 6 heterocycles. The lowest BCUT2D eigenvalue weighted by Crippen LogP contribution is -2.43. The van der Waals surface area contributed by atoms with Crippen LogP contribution in [0.1, 0.15) is 25.7 Å². The zero-order valence-electron chi connectivity index (χ0n) is 15.2. The van der Waals surface area contributed by atoms with Crippen molar-refractivity contribution in [3.8, 4) is 11.3 Å². The zero-order valence-corrected chi connectivity index (χ0v) is 15.2. The fourth-order valence-electron chi connectivity index (χ4n) is 4.91. The van der Waals surface area contributed by atoms with E-state index in [1.54, 1.807) is 12.4 Å². The second-order valence-electron chi connectivity index (χ2n) is 8.25. The number of anilines is 3. The van der Waals surface area contributed by atoms with Gasteiger partial charge in [-0.05, 0) is 31.6 Å². The quantitative estimate of drug-likeness (QED) is 0.874. The van der Waals surface area contributed by atoms with E-state index in [2.05, 4.69) is 25.8 Å². The molecule has 8 nitrogen and oxygen atoms in total. The van der Waals surface area contributed by atoms with Crippen LogP contribution in [-0.4, -0.2) is 57.8 Å². The van der Waals surface area contributed by atoms with Crippen molar-refractivity contribution in [2.75, 3.05) is 35.2 Å². The Morgan fingerprint density at radius 3 is 2.41 bits per heavy atom. The van der Waals surface area contributed by atoms with Crippen LogP contribution < -0.4 is 15.5 Å². The summed E-state index contributed by atoms with van der Waals surface area (Å²) in [6.45, 7) is 2.87. The number of fused-ring (bicyclic) bond motifs is 3. The lowest BCUT2D eigenvalue weighted by atomic mass is 9.86. The average Bonchev–Trinajstić information content (AvgIpc) is 3.36. The van der Waals surface area contributed by atoms with Crippen LogP contribution >= 0.6 is 0 Å². The van der Waals surface area contributed by atoms with Gasteiger partial charge in [0.25, 0.3) is 0 Å². The second-order valence-corrected chi connectivity index (χ2v) is 8.25. The van der Waals surface area contributed by atoms with Crippen molar-refractivity contribution in [3.05, 3.63) is 18.5 Å². The van der Waals surface area contributed by atoms with E-state index in [-0.39, 0.29) is 5.95 Å². The summed E-state index contributed by atoms with van der Waals surface area (Å²) in [6, 6.07) is 2.66. The fourth-order valence-corrected chi connectivity index (χ4v) is 4.91. The first kappa shape index (κ1) is 15.6. The third-order valence-corrected chi connectivity index (χ3v) is 6.40. The monoisotopic (exact) mass is 365 g/mol. The topological polar surface area (TPSA) is 93.3 Å². The number of nitrogens with two attached hydrogens (primary N) is 1. The summed E-state index contributed by atoms with van der Waals surface area (Å²) in [6.07, 6.45) is 8.97. The Kier molecular flexibility index (Phi) is 3.32. The highest BCUT2D eigenvalue weighted by atomic mass is 16.5. The van der Waals surface area contributed by atoms with Gasteiger partial charge in [0.05, 0.1) is 17.9 Å². The molecule has 4 aliphatic heterocycles. The summed E-state index contributed by atoms with van der Waals surface area (Å²) in [5, 5.41) is 0. The number of nitrogen functional groups attached to an aromatic ring is 1. The third-order valence-electron chi connectivity index (χ3n) is 6.40. The van der Waals surface area contributed by atoms with Gasteiger partial charge in [-0.3, -0.25) is 0 Å². The number of aromatic nitrogens is 4. The van der Waals surface area contributed by atoms with Gasteiger partial charge in [-0.2, -0.15) is 4.98 Å². The van der Waals surface area contributed by atoms with E-state index in [1.807, 2.05) is 0 Å². The van der Waals surface area contributed by atoms with Gasteiger partial charge in [0.15, 0.2) is 0 Å². The van der Waals surface area contributed by atoms with Crippen LogP contribution in [0.15, 0.2) is 18.5 Å². The molecule has 0 radical (unpaired) electrons. The maximum absolute atomic E-state index is 6.00.